The molecule has 4 atom stereocenters. The monoisotopic (exact) mass is 467 g/mol. The Morgan fingerprint density at radius 1 is 0.903 bits per heavy atom. The van der Waals surface area contributed by atoms with Crippen molar-refractivity contribution in [2.45, 2.75) is 120 Å². The minimum absolute atomic E-state index is 0.0436. The molecule has 3 saturated carbocycles. The van der Waals surface area contributed by atoms with Crippen LogP contribution in [0.1, 0.15) is 96.8 Å². The number of rotatable bonds is 8. The van der Waals surface area contributed by atoms with Gasteiger partial charge in [-0.1, -0.05) is 45.4 Å². The van der Waals surface area contributed by atoms with E-state index in [4.69, 9.17) is 4.74 Å². The number of ether oxygens (including phenoxy) is 1. The Labute approximate surface area is 186 Å². The molecule has 0 spiro atoms. The molecule has 0 aliphatic heterocycles. The Morgan fingerprint density at radius 2 is 1.61 bits per heavy atom. The lowest BCUT2D eigenvalue weighted by atomic mass is 9.87. The molecule has 3 fully saturated rings. The zero-order chi connectivity index (χ0) is 22.5. The number of hydrogen-bond donors (Lipinski definition) is 0. The fraction of sp³-hybridized carbons (Fsp3) is 1.00. The van der Waals surface area contributed by atoms with Gasteiger partial charge in [-0.05, 0) is 57.3 Å². The van der Waals surface area contributed by atoms with Crippen molar-refractivity contribution in [2.24, 2.45) is 11.8 Å². The van der Waals surface area contributed by atoms with Crippen LogP contribution in [0.15, 0.2) is 0 Å². The van der Waals surface area contributed by atoms with Gasteiger partial charge in [-0.25, -0.2) is 8.42 Å². The van der Waals surface area contributed by atoms with Crippen LogP contribution in [0.5, 0.6) is 0 Å². The molecule has 3 aliphatic carbocycles. The molecule has 0 aromatic carbocycles. The zero-order valence-electron chi connectivity index (χ0n) is 18.9. The van der Waals surface area contributed by atoms with Crippen molar-refractivity contribution in [3.63, 3.8) is 0 Å². The molecule has 0 heterocycles. The first-order valence-corrected chi connectivity index (χ1v) is 13.9. The molecule has 0 N–H and O–H groups in total. The maximum Gasteiger partial charge on any atom is 0.391 e. The molecule has 0 aromatic rings. The lowest BCUT2D eigenvalue weighted by molar-refractivity contribution is -0.181. The van der Waals surface area contributed by atoms with Gasteiger partial charge in [-0.3, -0.25) is 0 Å². The Bertz CT molecular complexity index is 649. The second-order valence-electron chi connectivity index (χ2n) is 9.88. The van der Waals surface area contributed by atoms with Crippen LogP contribution >= 0.6 is 0 Å². The predicted molar refractivity (Wildman–Crippen MR) is 116 cm³/mol. The average molecular weight is 468 g/mol. The number of sulfonamides is 1. The van der Waals surface area contributed by atoms with Crippen molar-refractivity contribution in [2.75, 3.05) is 13.2 Å². The van der Waals surface area contributed by atoms with E-state index >= 15 is 0 Å². The third-order valence-electron chi connectivity index (χ3n) is 7.76. The Morgan fingerprint density at radius 3 is 2.29 bits per heavy atom. The maximum absolute atomic E-state index is 13.3. The van der Waals surface area contributed by atoms with E-state index in [-0.39, 0.29) is 25.0 Å². The number of halogens is 3. The molecule has 0 aromatic heterocycles. The van der Waals surface area contributed by atoms with Crippen molar-refractivity contribution in [3.8, 4) is 0 Å². The van der Waals surface area contributed by atoms with Crippen molar-refractivity contribution < 1.29 is 26.3 Å². The fourth-order valence-electron chi connectivity index (χ4n) is 5.96. The van der Waals surface area contributed by atoms with Crippen LogP contribution in [0.3, 0.4) is 0 Å². The summed E-state index contributed by atoms with van der Waals surface area (Å²) in [5, 5.41) is -0.916. The smallest absolute Gasteiger partial charge is 0.378 e. The number of hydrogen-bond acceptors (Lipinski definition) is 3. The highest BCUT2D eigenvalue weighted by molar-refractivity contribution is 7.89. The molecule has 4 nitrogen and oxygen atoms in total. The van der Waals surface area contributed by atoms with E-state index in [1.165, 1.54) is 36.4 Å². The molecule has 0 saturated heterocycles. The molecule has 3 aliphatic rings. The van der Waals surface area contributed by atoms with E-state index in [1.54, 1.807) is 6.92 Å². The van der Waals surface area contributed by atoms with Gasteiger partial charge in [0.25, 0.3) is 0 Å². The van der Waals surface area contributed by atoms with Gasteiger partial charge in [0, 0.05) is 19.2 Å². The van der Waals surface area contributed by atoms with Crippen LogP contribution in [0.25, 0.3) is 0 Å². The van der Waals surface area contributed by atoms with Crippen LogP contribution in [0.2, 0.25) is 0 Å². The lowest BCUT2D eigenvalue weighted by Gasteiger charge is -2.39. The second kappa shape index (κ2) is 11.2. The van der Waals surface area contributed by atoms with Crippen LogP contribution in [-0.2, 0) is 14.8 Å². The standard InChI is InChI=1S/C23H40F3NO3S/c1-2-27(31(28,29)22-13-6-10-19(16-22)23(24,25)26)20-11-7-12-21(17-20)30-15-14-18-8-4-3-5-9-18/h18-22H,2-17H2,1H3. The topological polar surface area (TPSA) is 46.6 Å². The third kappa shape index (κ3) is 6.83. The average Bonchev–Trinajstić information content (AvgIpc) is 2.75. The predicted octanol–water partition coefficient (Wildman–Crippen LogP) is 6.06. The molecule has 0 amide bonds. The summed E-state index contributed by atoms with van der Waals surface area (Å²) in [5.74, 6) is -0.740. The molecule has 0 bridgehead atoms. The second-order valence-corrected chi connectivity index (χ2v) is 12.0. The quantitative estimate of drug-likeness (QED) is 0.436. The molecule has 4 unspecified atom stereocenters. The Kier molecular flexibility index (Phi) is 9.13. The molecule has 0 radical (unpaired) electrons. The zero-order valence-corrected chi connectivity index (χ0v) is 19.7. The minimum atomic E-state index is -4.31. The Hall–Kier alpha value is -0.340. The van der Waals surface area contributed by atoms with Gasteiger partial charge in [0.1, 0.15) is 0 Å². The Balaban J connectivity index is 1.55. The summed E-state index contributed by atoms with van der Waals surface area (Å²) in [6.45, 7) is 2.85. The largest absolute Gasteiger partial charge is 0.391 e. The van der Waals surface area contributed by atoms with E-state index < -0.39 is 27.4 Å². The van der Waals surface area contributed by atoms with Gasteiger partial charge < -0.3 is 4.74 Å². The van der Waals surface area contributed by atoms with Gasteiger partial charge in [0.05, 0.1) is 17.3 Å². The summed E-state index contributed by atoms with van der Waals surface area (Å²) in [6, 6.07) is -0.158. The van der Waals surface area contributed by atoms with Gasteiger partial charge in [-0.15, -0.1) is 0 Å². The van der Waals surface area contributed by atoms with E-state index in [9.17, 15) is 21.6 Å². The molecular weight excluding hydrogens is 427 g/mol. The van der Waals surface area contributed by atoms with Crippen molar-refractivity contribution in [3.05, 3.63) is 0 Å². The maximum atomic E-state index is 13.3. The van der Waals surface area contributed by atoms with Crippen molar-refractivity contribution in [1.82, 2.24) is 4.31 Å². The highest BCUT2D eigenvalue weighted by Gasteiger charge is 2.47. The summed E-state index contributed by atoms with van der Waals surface area (Å²) in [6.07, 6.45) is 7.06. The van der Waals surface area contributed by atoms with E-state index in [0.717, 1.165) is 38.2 Å². The number of nitrogens with zero attached hydrogens (tertiary/aromatic N) is 1. The third-order valence-corrected chi connectivity index (χ3v) is 10.2. The first-order chi connectivity index (χ1) is 14.7. The fourth-order valence-corrected chi connectivity index (χ4v) is 8.25. The normalized spacial score (nSPS) is 31.8. The lowest BCUT2D eigenvalue weighted by Crippen LogP contribution is -2.49. The molecule has 8 heteroatoms. The summed E-state index contributed by atoms with van der Waals surface area (Å²) in [7, 11) is -3.75. The van der Waals surface area contributed by atoms with Gasteiger partial charge in [0.15, 0.2) is 0 Å². The molecule has 3 rings (SSSR count). The van der Waals surface area contributed by atoms with E-state index in [0.29, 0.717) is 25.8 Å². The van der Waals surface area contributed by atoms with E-state index in [2.05, 4.69) is 0 Å². The number of alkyl halides is 3. The molecular formula is C23H40F3NO3S. The van der Waals surface area contributed by atoms with Gasteiger partial charge >= 0.3 is 6.18 Å². The summed E-state index contributed by atoms with van der Waals surface area (Å²) in [4.78, 5) is 0. The summed E-state index contributed by atoms with van der Waals surface area (Å²) < 4.78 is 74.0. The van der Waals surface area contributed by atoms with Crippen LogP contribution in [0, 0.1) is 11.8 Å². The minimum Gasteiger partial charge on any atom is -0.378 e. The first-order valence-electron chi connectivity index (χ1n) is 12.4. The van der Waals surface area contributed by atoms with E-state index in [1.807, 2.05) is 0 Å². The van der Waals surface area contributed by atoms with Gasteiger partial charge in [0.2, 0.25) is 10.0 Å². The van der Waals surface area contributed by atoms with Crippen molar-refractivity contribution in [1.29, 1.82) is 0 Å². The van der Waals surface area contributed by atoms with Crippen LogP contribution < -0.4 is 0 Å². The SMILES string of the molecule is CCN(C1CCCC(OCCC2CCCCC2)C1)S(=O)(=O)C1CCCC(C(F)(F)F)C1. The molecule has 182 valence electrons. The summed E-state index contributed by atoms with van der Waals surface area (Å²) in [5.41, 5.74) is 0. The molecule has 31 heavy (non-hydrogen) atoms. The highest BCUT2D eigenvalue weighted by Crippen LogP contribution is 2.41. The van der Waals surface area contributed by atoms with Crippen LogP contribution in [-0.4, -0.2) is 49.4 Å². The van der Waals surface area contributed by atoms with Gasteiger partial charge in [-0.2, -0.15) is 17.5 Å². The van der Waals surface area contributed by atoms with Crippen LogP contribution in [0.4, 0.5) is 13.2 Å². The van der Waals surface area contributed by atoms with Crippen molar-refractivity contribution >= 4 is 10.0 Å². The first kappa shape index (κ1) is 25.3. The highest BCUT2D eigenvalue weighted by atomic mass is 32.2. The summed E-state index contributed by atoms with van der Waals surface area (Å²) >= 11 is 0.